The van der Waals surface area contributed by atoms with Gasteiger partial charge in [-0.05, 0) is 6.07 Å². The molecule has 0 spiro atoms. The molecule has 0 unspecified atom stereocenters. The summed E-state index contributed by atoms with van der Waals surface area (Å²) in [6, 6.07) is 4.96. The zero-order valence-electron chi connectivity index (χ0n) is 7.54. The Morgan fingerprint density at radius 2 is 2.43 bits per heavy atom. The summed E-state index contributed by atoms with van der Waals surface area (Å²) >= 11 is 0. The van der Waals surface area contributed by atoms with Gasteiger partial charge in [-0.2, -0.15) is 4.73 Å². The van der Waals surface area contributed by atoms with Crippen LogP contribution in [0.5, 0.6) is 0 Å². The molecule has 1 fully saturated rings. The first kappa shape index (κ1) is 8.96. The first-order valence-electron chi connectivity index (χ1n) is 4.15. The van der Waals surface area contributed by atoms with Gasteiger partial charge in [0, 0.05) is 12.1 Å². The largest absolute Gasteiger partial charge is 0.618 e. The van der Waals surface area contributed by atoms with Crippen LogP contribution in [0.1, 0.15) is 11.8 Å². The van der Waals surface area contributed by atoms with Gasteiger partial charge in [0.1, 0.15) is 0 Å². The van der Waals surface area contributed by atoms with Gasteiger partial charge in [0.05, 0.1) is 7.11 Å². The minimum atomic E-state index is -0.623. The molecule has 74 valence electrons. The fraction of sp³-hybridized carbons (Fsp3) is 0.333. The van der Waals surface area contributed by atoms with Gasteiger partial charge in [-0.3, -0.25) is 0 Å². The summed E-state index contributed by atoms with van der Waals surface area (Å²) in [5.74, 6) is -0.446. The number of ether oxygens (including phenoxy) is 2. The number of hydrogen-bond acceptors (Lipinski definition) is 4. The Morgan fingerprint density at radius 1 is 1.64 bits per heavy atom. The molecule has 14 heavy (non-hydrogen) atoms. The van der Waals surface area contributed by atoms with E-state index in [9.17, 15) is 10.0 Å². The van der Waals surface area contributed by atoms with Crippen molar-refractivity contribution in [3.05, 3.63) is 35.3 Å². The zero-order valence-corrected chi connectivity index (χ0v) is 7.54. The van der Waals surface area contributed by atoms with E-state index in [1.54, 1.807) is 18.2 Å². The molecule has 0 bridgehead atoms. The van der Waals surface area contributed by atoms with Gasteiger partial charge in [0.2, 0.25) is 5.69 Å². The summed E-state index contributed by atoms with van der Waals surface area (Å²) < 4.78 is 10.2. The molecular formula is C9H9NO4. The van der Waals surface area contributed by atoms with Crippen molar-refractivity contribution in [3.63, 3.8) is 0 Å². The molecule has 5 heteroatoms. The molecule has 0 aliphatic carbocycles. The first-order chi connectivity index (χ1) is 6.74. The maximum atomic E-state index is 11.2. The number of nitrogens with zero attached hydrogens (tertiary/aromatic N) is 1. The highest BCUT2D eigenvalue weighted by molar-refractivity contribution is 5.78. The molecule has 2 heterocycles. The molecule has 2 rings (SSSR count). The van der Waals surface area contributed by atoms with Crippen molar-refractivity contribution in [3.8, 4) is 0 Å². The third-order valence-corrected chi connectivity index (χ3v) is 2.07. The number of carbonyl (C=O) groups excluding carboxylic acids is 1. The molecule has 0 saturated carbocycles. The predicted molar refractivity (Wildman–Crippen MR) is 45.0 cm³/mol. The summed E-state index contributed by atoms with van der Waals surface area (Å²) in [6.45, 7) is 0. The lowest BCUT2D eigenvalue weighted by molar-refractivity contribution is -0.615. The van der Waals surface area contributed by atoms with Gasteiger partial charge in [0.15, 0.2) is 18.4 Å². The predicted octanol–water partition coefficient (Wildman–Crippen LogP) is -0.0671. The molecule has 1 aliphatic rings. The Morgan fingerprint density at radius 3 is 3.07 bits per heavy atom. The highest BCUT2D eigenvalue weighted by Crippen LogP contribution is 2.37. The zero-order chi connectivity index (χ0) is 10.1. The van der Waals surface area contributed by atoms with Gasteiger partial charge in [0.25, 0.3) is 0 Å². The average Bonchev–Trinajstić information content (AvgIpc) is 2.97. The molecule has 0 amide bonds. The van der Waals surface area contributed by atoms with E-state index >= 15 is 0 Å². The van der Waals surface area contributed by atoms with Crippen LogP contribution in [0.15, 0.2) is 24.4 Å². The van der Waals surface area contributed by atoms with E-state index in [0.29, 0.717) is 10.4 Å². The van der Waals surface area contributed by atoms with Crippen LogP contribution in [0, 0.1) is 5.21 Å². The third-order valence-electron chi connectivity index (χ3n) is 2.07. The van der Waals surface area contributed by atoms with Crippen LogP contribution in [0.4, 0.5) is 0 Å². The Bertz CT molecular complexity index is 366. The van der Waals surface area contributed by atoms with Gasteiger partial charge in [-0.25, -0.2) is 4.79 Å². The molecule has 1 aromatic rings. The van der Waals surface area contributed by atoms with E-state index < -0.39 is 18.2 Å². The minimum absolute atomic E-state index is 0.433. The van der Waals surface area contributed by atoms with Crippen LogP contribution in [0.3, 0.4) is 0 Å². The topological polar surface area (TPSA) is 65.8 Å². The van der Waals surface area contributed by atoms with Gasteiger partial charge < -0.3 is 14.7 Å². The fourth-order valence-corrected chi connectivity index (χ4v) is 1.29. The number of rotatable bonds is 2. The van der Waals surface area contributed by atoms with Crippen molar-refractivity contribution >= 4 is 5.97 Å². The third kappa shape index (κ3) is 1.42. The second-order valence-electron chi connectivity index (χ2n) is 2.95. The summed E-state index contributed by atoms with van der Waals surface area (Å²) in [5.41, 5.74) is 0.433. The molecule has 1 saturated heterocycles. The quantitative estimate of drug-likeness (QED) is 0.287. The number of carbonyl (C=O) groups is 1. The standard InChI is InChI=1S/C9H9NO4/c1-13-9(11)8-7(14-8)6-4-2-3-5-10(6)12/h2-5,7-8H,1H3/t7-,8-/m1/s1. The first-order valence-corrected chi connectivity index (χ1v) is 4.15. The highest BCUT2D eigenvalue weighted by Gasteiger charge is 2.51. The second-order valence-corrected chi connectivity index (χ2v) is 2.95. The highest BCUT2D eigenvalue weighted by atomic mass is 16.6. The number of aromatic nitrogens is 1. The van der Waals surface area contributed by atoms with E-state index in [1.807, 2.05) is 0 Å². The molecule has 2 atom stereocenters. The van der Waals surface area contributed by atoms with Crippen LogP contribution in [0.25, 0.3) is 0 Å². The lowest BCUT2D eigenvalue weighted by atomic mass is 10.2. The van der Waals surface area contributed by atoms with E-state index in [0.717, 1.165) is 0 Å². The number of methoxy groups -OCH3 is 1. The van der Waals surface area contributed by atoms with Gasteiger partial charge in [-0.1, -0.05) is 0 Å². The Labute approximate surface area is 80.5 Å². The average molecular weight is 195 g/mol. The van der Waals surface area contributed by atoms with Crippen LogP contribution in [-0.4, -0.2) is 19.2 Å². The molecule has 5 nitrogen and oxygen atoms in total. The Hall–Kier alpha value is -1.62. The second kappa shape index (κ2) is 3.26. The SMILES string of the molecule is COC(=O)[C@@H]1O[C@@H]1c1cccc[n+]1[O-]. The van der Waals surface area contributed by atoms with Crippen molar-refractivity contribution in [2.24, 2.45) is 0 Å². The van der Waals surface area contributed by atoms with Crippen molar-refractivity contribution < 1.29 is 19.0 Å². The maximum Gasteiger partial charge on any atom is 0.338 e. The molecular weight excluding hydrogens is 186 g/mol. The van der Waals surface area contributed by atoms with E-state index in [-0.39, 0.29) is 0 Å². The number of epoxide rings is 1. The van der Waals surface area contributed by atoms with Crippen LogP contribution in [0.2, 0.25) is 0 Å². The lowest BCUT2D eigenvalue weighted by Gasteiger charge is -1.99. The molecule has 0 N–H and O–H groups in total. The molecule has 0 radical (unpaired) electrons. The van der Waals surface area contributed by atoms with Crippen LogP contribution < -0.4 is 4.73 Å². The number of pyridine rings is 1. The Balaban J connectivity index is 2.13. The van der Waals surface area contributed by atoms with E-state index in [2.05, 4.69) is 4.74 Å². The van der Waals surface area contributed by atoms with Crippen LogP contribution >= 0.6 is 0 Å². The summed E-state index contributed by atoms with van der Waals surface area (Å²) in [6.07, 6.45) is 0.287. The summed E-state index contributed by atoms with van der Waals surface area (Å²) in [7, 11) is 1.29. The van der Waals surface area contributed by atoms with Crippen molar-refractivity contribution in [2.45, 2.75) is 12.2 Å². The van der Waals surface area contributed by atoms with Crippen molar-refractivity contribution in [1.29, 1.82) is 0 Å². The van der Waals surface area contributed by atoms with Crippen LogP contribution in [-0.2, 0) is 14.3 Å². The van der Waals surface area contributed by atoms with Gasteiger partial charge >= 0.3 is 5.97 Å². The molecule has 0 aromatic carbocycles. The fourth-order valence-electron chi connectivity index (χ4n) is 1.29. The molecule has 1 aromatic heterocycles. The van der Waals surface area contributed by atoms with Crippen molar-refractivity contribution in [2.75, 3.05) is 7.11 Å². The number of esters is 1. The van der Waals surface area contributed by atoms with Crippen molar-refractivity contribution in [1.82, 2.24) is 0 Å². The minimum Gasteiger partial charge on any atom is -0.618 e. The summed E-state index contributed by atoms with van der Waals surface area (Å²) in [4.78, 5) is 11.0. The van der Waals surface area contributed by atoms with E-state index in [4.69, 9.17) is 4.74 Å². The summed E-state index contributed by atoms with van der Waals surface area (Å²) in [5, 5.41) is 11.2. The van der Waals surface area contributed by atoms with E-state index in [1.165, 1.54) is 13.3 Å². The van der Waals surface area contributed by atoms with Gasteiger partial charge in [-0.15, -0.1) is 0 Å². The normalized spacial score (nSPS) is 24.4. The molecule has 1 aliphatic heterocycles. The number of hydrogen-bond donors (Lipinski definition) is 0. The Kier molecular flexibility index (Phi) is 2.09. The lowest BCUT2D eigenvalue weighted by Crippen LogP contribution is -2.31. The maximum absolute atomic E-state index is 11.2. The monoisotopic (exact) mass is 195 g/mol. The smallest absolute Gasteiger partial charge is 0.338 e.